The molecule has 6 heteroatoms. The van der Waals surface area contributed by atoms with E-state index in [-0.39, 0.29) is 0 Å². The molecule has 17 heavy (non-hydrogen) atoms. The van der Waals surface area contributed by atoms with Crippen LogP contribution in [0, 0.1) is 0 Å². The summed E-state index contributed by atoms with van der Waals surface area (Å²) < 4.78 is 0. The van der Waals surface area contributed by atoms with Gasteiger partial charge >= 0.3 is 0 Å². The third kappa shape index (κ3) is 4.84. The lowest BCUT2D eigenvalue weighted by Crippen LogP contribution is -2.18. The third-order valence-electron chi connectivity index (χ3n) is 1.81. The van der Waals surface area contributed by atoms with Gasteiger partial charge in [0.25, 0.3) is 0 Å². The molecule has 1 aromatic rings. The van der Waals surface area contributed by atoms with Gasteiger partial charge in [0.2, 0.25) is 17.8 Å². The van der Waals surface area contributed by atoms with Crippen LogP contribution in [0.15, 0.2) is 0 Å². The standard InChI is InChI=1S/C11H22N6/c1-6-12-9-15-10(13-7(2)3)17-11(16-9)14-8(4)5/h7-8H,6H2,1-5H3,(H3,12,13,14,15,16,17). The smallest absolute Gasteiger partial charge is 0.229 e. The van der Waals surface area contributed by atoms with Crippen LogP contribution in [-0.4, -0.2) is 33.6 Å². The first kappa shape index (κ1) is 13.5. The third-order valence-corrected chi connectivity index (χ3v) is 1.81. The Morgan fingerprint density at radius 2 is 1.24 bits per heavy atom. The van der Waals surface area contributed by atoms with Crippen molar-refractivity contribution in [3.05, 3.63) is 0 Å². The molecule has 0 amide bonds. The van der Waals surface area contributed by atoms with Gasteiger partial charge in [0.1, 0.15) is 0 Å². The van der Waals surface area contributed by atoms with Crippen molar-refractivity contribution in [2.24, 2.45) is 0 Å². The quantitative estimate of drug-likeness (QED) is 0.703. The molecule has 0 atom stereocenters. The highest BCUT2D eigenvalue weighted by molar-refractivity contribution is 5.42. The van der Waals surface area contributed by atoms with Crippen molar-refractivity contribution >= 4 is 17.8 Å². The largest absolute Gasteiger partial charge is 0.354 e. The molecular formula is C11H22N6. The summed E-state index contributed by atoms with van der Waals surface area (Å²) >= 11 is 0. The van der Waals surface area contributed by atoms with E-state index in [1.807, 2.05) is 34.6 Å². The normalized spacial score (nSPS) is 10.8. The van der Waals surface area contributed by atoms with E-state index in [2.05, 4.69) is 30.9 Å². The molecular weight excluding hydrogens is 216 g/mol. The summed E-state index contributed by atoms with van der Waals surface area (Å²) in [6, 6.07) is 0.581. The van der Waals surface area contributed by atoms with Crippen molar-refractivity contribution < 1.29 is 0 Å². The van der Waals surface area contributed by atoms with Crippen molar-refractivity contribution in [1.29, 1.82) is 0 Å². The van der Waals surface area contributed by atoms with Crippen LogP contribution >= 0.6 is 0 Å². The zero-order valence-corrected chi connectivity index (χ0v) is 11.2. The molecule has 0 bridgehead atoms. The van der Waals surface area contributed by atoms with E-state index in [9.17, 15) is 0 Å². The summed E-state index contributed by atoms with van der Waals surface area (Å²) in [6.07, 6.45) is 0. The summed E-state index contributed by atoms with van der Waals surface area (Å²) in [4.78, 5) is 12.9. The van der Waals surface area contributed by atoms with E-state index < -0.39 is 0 Å². The van der Waals surface area contributed by atoms with Gasteiger partial charge in [0, 0.05) is 18.6 Å². The lowest BCUT2D eigenvalue weighted by Gasteiger charge is -2.13. The van der Waals surface area contributed by atoms with Crippen LogP contribution < -0.4 is 16.0 Å². The summed E-state index contributed by atoms with van der Waals surface area (Å²) in [5.41, 5.74) is 0. The Kier molecular flexibility index (Phi) is 4.93. The minimum Gasteiger partial charge on any atom is -0.354 e. The van der Waals surface area contributed by atoms with Crippen molar-refractivity contribution in [2.45, 2.75) is 46.7 Å². The molecule has 0 aliphatic heterocycles. The molecule has 0 unspecified atom stereocenters. The highest BCUT2D eigenvalue weighted by Gasteiger charge is 2.07. The Balaban J connectivity index is 2.91. The lowest BCUT2D eigenvalue weighted by atomic mass is 10.4. The van der Waals surface area contributed by atoms with Crippen LogP contribution in [0.4, 0.5) is 17.8 Å². The summed E-state index contributed by atoms with van der Waals surface area (Å²) in [5, 5.41) is 9.44. The monoisotopic (exact) mass is 238 g/mol. The van der Waals surface area contributed by atoms with Crippen LogP contribution in [0.3, 0.4) is 0 Å². The second-order valence-corrected chi connectivity index (χ2v) is 4.43. The SMILES string of the molecule is CCNc1nc(NC(C)C)nc(NC(C)C)n1. The van der Waals surface area contributed by atoms with Crippen molar-refractivity contribution in [3.63, 3.8) is 0 Å². The molecule has 0 fully saturated rings. The molecule has 1 rings (SSSR count). The molecule has 0 saturated carbocycles. The molecule has 1 heterocycles. The Labute approximate surface area is 103 Å². The molecule has 0 radical (unpaired) electrons. The predicted molar refractivity (Wildman–Crippen MR) is 71.5 cm³/mol. The number of hydrogen-bond acceptors (Lipinski definition) is 6. The number of rotatable bonds is 6. The van der Waals surface area contributed by atoms with Gasteiger partial charge in [0.05, 0.1) is 0 Å². The maximum absolute atomic E-state index is 4.31. The van der Waals surface area contributed by atoms with E-state index in [4.69, 9.17) is 0 Å². The highest BCUT2D eigenvalue weighted by Crippen LogP contribution is 2.10. The van der Waals surface area contributed by atoms with E-state index in [1.54, 1.807) is 0 Å². The zero-order valence-electron chi connectivity index (χ0n) is 11.2. The van der Waals surface area contributed by atoms with Gasteiger partial charge in [-0.15, -0.1) is 0 Å². The van der Waals surface area contributed by atoms with E-state index in [1.165, 1.54) is 0 Å². The van der Waals surface area contributed by atoms with E-state index in [0.717, 1.165) is 6.54 Å². The minimum absolute atomic E-state index is 0.291. The topological polar surface area (TPSA) is 74.8 Å². The van der Waals surface area contributed by atoms with Gasteiger partial charge in [-0.3, -0.25) is 0 Å². The number of nitrogens with one attached hydrogen (secondary N) is 3. The first-order chi connectivity index (χ1) is 8.01. The molecule has 6 nitrogen and oxygen atoms in total. The Morgan fingerprint density at radius 1 is 0.824 bits per heavy atom. The van der Waals surface area contributed by atoms with Crippen LogP contribution in [0.25, 0.3) is 0 Å². The molecule has 0 spiro atoms. The Hall–Kier alpha value is -1.59. The van der Waals surface area contributed by atoms with Crippen molar-refractivity contribution in [1.82, 2.24) is 15.0 Å². The average molecular weight is 238 g/mol. The maximum atomic E-state index is 4.31. The van der Waals surface area contributed by atoms with Gasteiger partial charge in [0.15, 0.2) is 0 Å². The fourth-order valence-corrected chi connectivity index (χ4v) is 1.26. The van der Waals surface area contributed by atoms with Crippen LogP contribution in [-0.2, 0) is 0 Å². The number of anilines is 3. The van der Waals surface area contributed by atoms with Crippen LogP contribution in [0.5, 0.6) is 0 Å². The first-order valence-electron chi connectivity index (χ1n) is 6.04. The van der Waals surface area contributed by atoms with Gasteiger partial charge in [-0.1, -0.05) is 0 Å². The van der Waals surface area contributed by atoms with Crippen molar-refractivity contribution in [2.75, 3.05) is 22.5 Å². The zero-order chi connectivity index (χ0) is 12.8. The second kappa shape index (κ2) is 6.22. The Bertz CT molecular complexity index is 322. The molecule has 0 aliphatic rings. The number of hydrogen-bond donors (Lipinski definition) is 3. The van der Waals surface area contributed by atoms with E-state index >= 15 is 0 Å². The lowest BCUT2D eigenvalue weighted by molar-refractivity contribution is 0.844. The number of aromatic nitrogens is 3. The summed E-state index contributed by atoms with van der Waals surface area (Å²) in [5.74, 6) is 1.78. The molecule has 96 valence electrons. The first-order valence-corrected chi connectivity index (χ1v) is 6.04. The number of nitrogens with zero attached hydrogens (tertiary/aromatic N) is 3. The average Bonchev–Trinajstić information content (AvgIpc) is 2.14. The maximum Gasteiger partial charge on any atom is 0.229 e. The summed E-state index contributed by atoms with van der Waals surface area (Å²) in [7, 11) is 0. The second-order valence-electron chi connectivity index (χ2n) is 4.43. The fourth-order valence-electron chi connectivity index (χ4n) is 1.26. The Morgan fingerprint density at radius 3 is 1.59 bits per heavy atom. The molecule has 3 N–H and O–H groups in total. The van der Waals surface area contributed by atoms with Gasteiger partial charge < -0.3 is 16.0 Å². The highest BCUT2D eigenvalue weighted by atomic mass is 15.3. The van der Waals surface area contributed by atoms with Gasteiger partial charge in [-0.25, -0.2) is 0 Å². The molecule has 1 aromatic heterocycles. The summed E-state index contributed by atoms with van der Waals surface area (Å²) in [6.45, 7) is 11.0. The van der Waals surface area contributed by atoms with Crippen LogP contribution in [0.2, 0.25) is 0 Å². The van der Waals surface area contributed by atoms with Gasteiger partial charge in [-0.05, 0) is 34.6 Å². The van der Waals surface area contributed by atoms with Crippen LogP contribution in [0.1, 0.15) is 34.6 Å². The molecule has 0 saturated heterocycles. The minimum atomic E-state index is 0.291. The molecule has 0 aromatic carbocycles. The van der Waals surface area contributed by atoms with Gasteiger partial charge in [-0.2, -0.15) is 15.0 Å². The predicted octanol–water partition coefficient (Wildman–Crippen LogP) is 1.94. The van der Waals surface area contributed by atoms with E-state index in [0.29, 0.717) is 29.9 Å². The molecule has 0 aliphatic carbocycles. The van der Waals surface area contributed by atoms with Crippen molar-refractivity contribution in [3.8, 4) is 0 Å². The fraction of sp³-hybridized carbons (Fsp3) is 0.727.